The second-order valence-corrected chi connectivity index (χ2v) is 12.0. The van der Waals surface area contributed by atoms with E-state index < -0.39 is 0 Å². The van der Waals surface area contributed by atoms with Crippen molar-refractivity contribution in [2.24, 2.45) is 0 Å². The van der Waals surface area contributed by atoms with Crippen LogP contribution in [-0.2, 0) is 0 Å². The van der Waals surface area contributed by atoms with Crippen LogP contribution in [0.1, 0.15) is 0 Å². The highest BCUT2D eigenvalue weighted by atomic mass is 15.2. The Hall–Kier alpha value is -6.68. The van der Waals surface area contributed by atoms with Gasteiger partial charge in [-0.1, -0.05) is 54.6 Å². The van der Waals surface area contributed by atoms with Crippen molar-refractivity contribution in [3.63, 3.8) is 0 Å². The lowest BCUT2D eigenvalue weighted by Crippen LogP contribution is -2.61. The first kappa shape index (κ1) is 25.5. The zero-order chi connectivity index (χ0) is 31.3. The van der Waals surface area contributed by atoms with Gasteiger partial charge in [-0.3, -0.25) is 24.0 Å². The van der Waals surface area contributed by atoms with Gasteiger partial charge < -0.3 is 0 Å². The molecule has 0 N–H and O–H groups in total. The molecule has 9 aromatic rings. The number of benzene rings is 4. The molecule has 0 atom stereocenters. The summed E-state index contributed by atoms with van der Waals surface area (Å²) in [7, 11) is 0. The van der Waals surface area contributed by atoms with E-state index in [1.807, 2.05) is 18.2 Å². The molecule has 0 bridgehead atoms. The molecule has 222 valence electrons. The summed E-state index contributed by atoms with van der Waals surface area (Å²) >= 11 is 0. The van der Waals surface area contributed by atoms with E-state index in [9.17, 15) is 0 Å². The van der Waals surface area contributed by atoms with Crippen LogP contribution in [0.2, 0.25) is 0 Å². The molecule has 2 aliphatic rings. The van der Waals surface area contributed by atoms with Gasteiger partial charge in [-0.15, -0.1) is 0 Å². The maximum Gasteiger partial charge on any atom is 0.277 e. The summed E-state index contributed by atoms with van der Waals surface area (Å²) in [4.78, 5) is 31.5. The van der Waals surface area contributed by atoms with Crippen LogP contribution in [0.5, 0.6) is 0 Å². The first-order valence-corrected chi connectivity index (χ1v) is 15.8. The predicted octanol–water partition coefficient (Wildman–Crippen LogP) is 5.38. The number of anilines is 3. The molecule has 10 heteroatoms. The smallest absolute Gasteiger partial charge is 0.277 e. The molecular formula is C38H22BN9. The first-order chi connectivity index (χ1) is 23.9. The van der Waals surface area contributed by atoms with Crippen LogP contribution in [0.3, 0.4) is 0 Å². The molecule has 0 saturated heterocycles. The van der Waals surface area contributed by atoms with Crippen molar-refractivity contribution >= 4 is 73.5 Å². The second kappa shape index (κ2) is 9.43. The Morgan fingerprint density at radius 3 is 2.12 bits per heavy atom. The maximum absolute atomic E-state index is 5.05. The van der Waals surface area contributed by atoms with Crippen LogP contribution < -0.4 is 21.4 Å². The van der Waals surface area contributed by atoms with Gasteiger partial charge >= 0.3 is 0 Å². The summed E-state index contributed by atoms with van der Waals surface area (Å²) in [6.45, 7) is -0.151. The third kappa shape index (κ3) is 3.25. The van der Waals surface area contributed by atoms with Crippen LogP contribution in [0.15, 0.2) is 134 Å². The van der Waals surface area contributed by atoms with Crippen molar-refractivity contribution in [3.8, 4) is 22.8 Å². The quantitative estimate of drug-likeness (QED) is 0.247. The molecule has 11 rings (SSSR count). The monoisotopic (exact) mass is 615 g/mol. The van der Waals surface area contributed by atoms with Crippen LogP contribution in [0.25, 0.3) is 55.9 Å². The molecule has 0 spiro atoms. The second-order valence-electron chi connectivity index (χ2n) is 12.0. The molecule has 2 aliphatic heterocycles. The average molecular weight is 615 g/mol. The van der Waals surface area contributed by atoms with E-state index in [0.29, 0.717) is 5.82 Å². The molecule has 0 saturated carbocycles. The summed E-state index contributed by atoms with van der Waals surface area (Å²) in [6.07, 6.45) is 10.7. The highest BCUT2D eigenvalue weighted by Gasteiger charge is 2.44. The van der Waals surface area contributed by atoms with Gasteiger partial charge in [0.25, 0.3) is 6.71 Å². The van der Waals surface area contributed by atoms with Crippen LogP contribution in [0.4, 0.5) is 17.2 Å². The van der Waals surface area contributed by atoms with Crippen molar-refractivity contribution in [2.75, 3.05) is 4.90 Å². The minimum atomic E-state index is -0.151. The number of nitrogens with zero attached hydrogens (tertiary/aromatic N) is 9. The molecule has 0 aliphatic carbocycles. The molecule has 9 nitrogen and oxygen atoms in total. The number of para-hydroxylation sites is 3. The van der Waals surface area contributed by atoms with Gasteiger partial charge in [-0.25, -0.2) is 19.9 Å². The van der Waals surface area contributed by atoms with Gasteiger partial charge in [0.1, 0.15) is 11.2 Å². The SMILES string of the molecule is c1ccc(N2c3cc(-c4ncccn4)cc4c3B(c3nccnc32)c2cccc3c5c6nccnc6n(-c6ccccc6)c5n-4c23)cc1. The summed E-state index contributed by atoms with van der Waals surface area (Å²) in [5.74, 6) is 1.46. The minimum absolute atomic E-state index is 0.151. The highest BCUT2D eigenvalue weighted by molar-refractivity contribution is 6.99. The number of rotatable bonds is 3. The van der Waals surface area contributed by atoms with E-state index in [2.05, 4.69) is 92.9 Å². The largest absolute Gasteiger partial charge is 0.296 e. The van der Waals surface area contributed by atoms with Crippen molar-refractivity contribution in [3.05, 3.63) is 134 Å². The number of fused-ring (bicyclic) bond motifs is 9. The lowest BCUT2D eigenvalue weighted by molar-refractivity contribution is 1.05. The molecule has 0 fully saturated rings. The van der Waals surface area contributed by atoms with Crippen molar-refractivity contribution in [1.82, 2.24) is 39.0 Å². The van der Waals surface area contributed by atoms with Gasteiger partial charge in [0.2, 0.25) is 0 Å². The van der Waals surface area contributed by atoms with E-state index in [1.165, 1.54) is 5.46 Å². The van der Waals surface area contributed by atoms with Gasteiger partial charge in [-0.05, 0) is 53.4 Å². The fourth-order valence-corrected chi connectivity index (χ4v) is 7.83. The van der Waals surface area contributed by atoms with E-state index in [0.717, 1.165) is 78.3 Å². The van der Waals surface area contributed by atoms with Crippen LogP contribution >= 0.6 is 0 Å². The van der Waals surface area contributed by atoms with Gasteiger partial charge in [-0.2, -0.15) is 0 Å². The van der Waals surface area contributed by atoms with Crippen molar-refractivity contribution in [2.45, 2.75) is 0 Å². The summed E-state index contributed by atoms with van der Waals surface area (Å²) in [5, 5.41) is 2.18. The molecular weight excluding hydrogens is 593 g/mol. The van der Waals surface area contributed by atoms with Gasteiger partial charge in [0.15, 0.2) is 17.3 Å². The zero-order valence-electron chi connectivity index (χ0n) is 25.3. The number of aromatic nitrogens is 8. The summed E-state index contributed by atoms with van der Waals surface area (Å²) in [5.41, 5.74) is 12.0. The molecule has 48 heavy (non-hydrogen) atoms. The Morgan fingerprint density at radius 1 is 0.562 bits per heavy atom. The Balaban J connectivity index is 1.38. The topological polar surface area (TPSA) is 90.4 Å². The minimum Gasteiger partial charge on any atom is -0.296 e. The highest BCUT2D eigenvalue weighted by Crippen LogP contribution is 2.44. The molecule has 0 amide bonds. The molecule has 0 radical (unpaired) electrons. The van der Waals surface area contributed by atoms with Crippen LogP contribution in [0, 0.1) is 0 Å². The zero-order valence-corrected chi connectivity index (χ0v) is 25.3. The molecule has 4 aromatic carbocycles. The lowest BCUT2D eigenvalue weighted by Gasteiger charge is -2.38. The fraction of sp³-hybridized carbons (Fsp3) is 0. The van der Waals surface area contributed by atoms with Gasteiger partial charge in [0, 0.05) is 70.9 Å². The van der Waals surface area contributed by atoms with Crippen LogP contribution in [-0.4, -0.2) is 45.8 Å². The Morgan fingerprint density at radius 2 is 1.29 bits per heavy atom. The summed E-state index contributed by atoms with van der Waals surface area (Å²) < 4.78 is 4.65. The third-order valence-electron chi connectivity index (χ3n) is 9.60. The lowest BCUT2D eigenvalue weighted by atomic mass is 9.35. The number of hydrogen-bond acceptors (Lipinski definition) is 7. The summed E-state index contributed by atoms with van der Waals surface area (Å²) in [6, 6.07) is 33.7. The van der Waals surface area contributed by atoms with E-state index in [-0.39, 0.29) is 6.71 Å². The molecule has 5 aromatic heterocycles. The van der Waals surface area contributed by atoms with E-state index in [4.69, 9.17) is 29.9 Å². The Bertz CT molecular complexity index is 2740. The van der Waals surface area contributed by atoms with Gasteiger partial charge in [0.05, 0.1) is 16.5 Å². The first-order valence-electron chi connectivity index (χ1n) is 15.8. The number of hydrogen-bond donors (Lipinski definition) is 0. The Labute approximate surface area is 273 Å². The Kier molecular flexibility index (Phi) is 5.01. The standard InChI is InChI=1S/C38H22BN9/c1-3-9-24(10-4-1)46-28-21-23(35-42-15-8-16-43-35)22-29-31(28)39(34-37(46)45-20-18-41-34)27-14-7-13-26-30-32-36(44-19-17-40-32)47(25-11-5-2-6-12-25)38(30)48(29)33(26)27/h1-22H. The van der Waals surface area contributed by atoms with E-state index >= 15 is 0 Å². The van der Waals surface area contributed by atoms with E-state index in [1.54, 1.807) is 37.2 Å². The fourth-order valence-electron chi connectivity index (χ4n) is 7.83. The third-order valence-corrected chi connectivity index (χ3v) is 9.60. The maximum atomic E-state index is 5.05. The predicted molar refractivity (Wildman–Crippen MR) is 189 cm³/mol. The average Bonchev–Trinajstić information content (AvgIpc) is 3.68. The van der Waals surface area contributed by atoms with Crippen molar-refractivity contribution in [1.29, 1.82) is 0 Å². The van der Waals surface area contributed by atoms with Crippen molar-refractivity contribution < 1.29 is 0 Å². The molecule has 7 heterocycles. The molecule has 0 unspecified atom stereocenters. The normalized spacial score (nSPS) is 12.9.